The van der Waals surface area contributed by atoms with Crippen molar-refractivity contribution in [1.29, 1.82) is 0 Å². The van der Waals surface area contributed by atoms with Crippen LogP contribution in [0, 0.1) is 31.4 Å². The minimum absolute atomic E-state index is 0.0108. The van der Waals surface area contributed by atoms with Crippen LogP contribution in [0.5, 0.6) is 5.75 Å². The van der Waals surface area contributed by atoms with E-state index in [-0.39, 0.29) is 62.2 Å². The van der Waals surface area contributed by atoms with E-state index in [1.807, 2.05) is 54.9 Å². The molecule has 0 amide bonds. The monoisotopic (exact) mass is 1300 g/mol. The molecular weight excluding hydrogens is 1240 g/mol. The first-order valence-electron chi connectivity index (χ1n) is 26.8. The van der Waals surface area contributed by atoms with Crippen molar-refractivity contribution in [3.63, 3.8) is 0 Å². The van der Waals surface area contributed by atoms with Crippen LogP contribution in [0.1, 0.15) is 75.2 Å². The molecule has 3 aliphatic heterocycles. The van der Waals surface area contributed by atoms with Crippen LogP contribution in [0.3, 0.4) is 0 Å². The second-order valence-corrected chi connectivity index (χ2v) is 24.0. The summed E-state index contributed by atoms with van der Waals surface area (Å²) in [7, 11) is 2.22. The Kier molecular flexibility index (Phi) is 22.8. The van der Waals surface area contributed by atoms with Crippen molar-refractivity contribution in [3.8, 4) is 5.75 Å². The topological polar surface area (TPSA) is 196 Å². The Labute approximate surface area is 506 Å². The molecule has 0 radical (unpaired) electrons. The highest BCUT2D eigenvalue weighted by molar-refractivity contribution is 14.1. The maximum absolute atomic E-state index is 12.8. The van der Waals surface area contributed by atoms with Crippen molar-refractivity contribution in [3.05, 3.63) is 182 Å². The van der Waals surface area contributed by atoms with Gasteiger partial charge in [-0.3, -0.25) is 24.5 Å². The van der Waals surface area contributed by atoms with E-state index >= 15 is 0 Å². The number of alkyl halides is 3. The molecule has 0 aliphatic carbocycles. The fourth-order valence-electron chi connectivity index (χ4n) is 9.60. The third-order valence-corrected chi connectivity index (χ3v) is 17.3. The molecule has 3 saturated heterocycles. The summed E-state index contributed by atoms with van der Waals surface area (Å²) >= 11 is 12.5. The molecule has 0 bridgehead atoms. The summed E-state index contributed by atoms with van der Waals surface area (Å²) in [5, 5.41) is 23.0. The van der Waals surface area contributed by atoms with E-state index in [2.05, 4.69) is 43.0 Å². The Hall–Kier alpha value is -6.74. The van der Waals surface area contributed by atoms with Crippen molar-refractivity contribution >= 4 is 113 Å². The van der Waals surface area contributed by atoms with Crippen molar-refractivity contribution in [1.82, 2.24) is 14.7 Å². The Bertz CT molecular complexity index is 3410. The summed E-state index contributed by atoms with van der Waals surface area (Å²) in [5.74, 6) is 0.526. The van der Waals surface area contributed by atoms with Crippen LogP contribution in [0.2, 0.25) is 0 Å². The molecule has 0 atom stereocenters. The molecule has 16 nitrogen and oxygen atoms in total. The van der Waals surface area contributed by atoms with Crippen LogP contribution >= 0.6 is 47.0 Å². The molecule has 6 aromatic rings. The van der Waals surface area contributed by atoms with Gasteiger partial charge in [0.2, 0.25) is 0 Å². The second kappa shape index (κ2) is 29.7. The highest BCUT2D eigenvalue weighted by Gasteiger charge is 2.31. The predicted molar refractivity (Wildman–Crippen MR) is 334 cm³/mol. The van der Waals surface area contributed by atoms with E-state index in [9.17, 15) is 46.1 Å². The minimum Gasteiger partial charge on any atom is -0.379 e. The fourth-order valence-corrected chi connectivity index (χ4v) is 12.3. The maximum Gasteiger partial charge on any atom is 0.416 e. The third-order valence-electron chi connectivity index (χ3n) is 14.3. The van der Waals surface area contributed by atoms with E-state index < -0.39 is 26.8 Å². The van der Waals surface area contributed by atoms with Crippen LogP contribution in [-0.4, -0.2) is 116 Å². The Balaban J connectivity index is 0.000000179. The number of nitrogens with one attached hydrogen (secondary N) is 4. The van der Waals surface area contributed by atoms with E-state index in [0.29, 0.717) is 42.4 Å². The minimum atomic E-state index is -4.42. The highest BCUT2D eigenvalue weighted by atomic mass is 127. The molecule has 0 saturated carbocycles. The van der Waals surface area contributed by atoms with Crippen molar-refractivity contribution < 1.29 is 45.1 Å². The van der Waals surface area contributed by atoms with Crippen LogP contribution in [0.4, 0.5) is 41.6 Å². The number of ketones is 3. The lowest BCUT2D eigenvalue weighted by molar-refractivity contribution is -0.384. The molecular formula is C60H64F3IN8O8S3. The summed E-state index contributed by atoms with van der Waals surface area (Å²) in [6.07, 6.45) is 0.641. The lowest BCUT2D eigenvalue weighted by atomic mass is 9.89. The fraction of sp³-hybridized carbons (Fsp3) is 0.317. The van der Waals surface area contributed by atoms with Gasteiger partial charge < -0.3 is 40.1 Å². The lowest BCUT2D eigenvalue weighted by Gasteiger charge is -2.28. The number of benzene rings is 6. The summed E-state index contributed by atoms with van der Waals surface area (Å²) in [6.45, 7) is 5.47. The molecule has 23 heteroatoms. The number of hydrogen-bond acceptors (Lipinski definition) is 13. The van der Waals surface area contributed by atoms with Gasteiger partial charge in [-0.1, -0.05) is 60.7 Å². The molecule has 3 aliphatic rings. The van der Waals surface area contributed by atoms with Gasteiger partial charge in [0.05, 0.1) is 10.5 Å². The molecule has 3 heterocycles. The van der Waals surface area contributed by atoms with Crippen molar-refractivity contribution in [2.24, 2.45) is 17.8 Å². The number of Topliss-reactive ketones (excluding diaryl/α,β-unsaturated/α-hetero) is 3. The van der Waals surface area contributed by atoms with E-state index in [0.717, 1.165) is 89.9 Å². The molecule has 0 spiro atoms. The van der Waals surface area contributed by atoms with E-state index in [4.69, 9.17) is 28.6 Å². The number of hydrogen-bond donors (Lipinski definition) is 4. The quantitative estimate of drug-likeness (QED) is 0.0201. The van der Waals surface area contributed by atoms with Crippen LogP contribution in [0.15, 0.2) is 150 Å². The van der Waals surface area contributed by atoms with Crippen LogP contribution < -0.4 is 25.5 Å². The SMILES string of the molecule is CN1CCC(C(=O)c2cccc(NC(=S)Nc3cccc(C(F)(F)F)c3)c2)CC1.CN1CCC(C(=O)c2cccc(NC(=S)Nc3cccc([N+](=O)[O-])c3)c2)CC1.CN1CCC(C(=O)c2cccc(OS(=O)(=O)c3ccccc3I)c2)CC1. The molecule has 6 aromatic carbocycles. The van der Waals surface area contributed by atoms with Gasteiger partial charge >= 0.3 is 16.3 Å². The zero-order valence-electron chi connectivity index (χ0n) is 45.9. The zero-order valence-corrected chi connectivity index (χ0v) is 50.5. The number of carbonyl (C=O) groups is 3. The number of nitro benzene ring substituents is 1. The van der Waals surface area contributed by atoms with Gasteiger partial charge in [0, 0.05) is 72.9 Å². The summed E-state index contributed by atoms with van der Waals surface area (Å²) < 4.78 is 69.4. The van der Waals surface area contributed by atoms with Gasteiger partial charge in [0.1, 0.15) is 10.6 Å². The average Bonchev–Trinajstić information content (AvgIpc) is 3.47. The number of likely N-dealkylation sites (tertiary alicyclic amines) is 3. The molecule has 9 rings (SSSR count). The largest absolute Gasteiger partial charge is 0.416 e. The summed E-state index contributed by atoms with van der Waals surface area (Å²) in [4.78, 5) is 55.5. The molecule has 0 aromatic heterocycles. The number of non-ortho nitro benzene ring substituents is 1. The Morgan fingerprint density at radius 1 is 0.554 bits per heavy atom. The standard InChI is InChI=1S/C21H22F3N3OS.C20H22N4O3S.C19H20INO4S/c1-27-10-8-14(9-11-27)19(28)15-4-2-6-17(12-15)25-20(29)26-18-7-3-5-16(13-18)21(22,23)24;1-23-10-8-14(9-11-23)19(25)15-4-2-5-16(12-15)21-20(28)22-17-6-3-7-18(13-17)24(26)27;1-21-11-9-14(10-12-21)19(22)15-5-4-6-16(13-15)25-26(23,24)18-8-3-2-7-17(18)20/h2-7,12-14H,8-11H2,1H3,(H2,25,26,29);2-7,12-14H,8-11H2,1H3,(H2,21,22,28);2-8,13-14H,9-12H2,1H3. The molecule has 83 heavy (non-hydrogen) atoms. The van der Waals surface area contributed by atoms with Gasteiger partial charge in [-0.2, -0.15) is 21.6 Å². The number of thiocarbonyl (C=S) groups is 2. The van der Waals surface area contributed by atoms with Crippen molar-refractivity contribution in [2.45, 2.75) is 49.6 Å². The number of carbonyl (C=O) groups excluding carboxylic acids is 3. The van der Waals surface area contributed by atoms with E-state index in [1.54, 1.807) is 78.9 Å². The van der Waals surface area contributed by atoms with Gasteiger partial charge in [0.25, 0.3) is 5.69 Å². The number of anilines is 4. The van der Waals surface area contributed by atoms with E-state index in [1.165, 1.54) is 36.4 Å². The molecule has 0 unspecified atom stereocenters. The molecule has 3 fully saturated rings. The highest BCUT2D eigenvalue weighted by Crippen LogP contribution is 2.32. The Morgan fingerprint density at radius 2 is 0.928 bits per heavy atom. The first-order chi connectivity index (χ1) is 39.5. The second-order valence-electron chi connectivity index (χ2n) is 20.5. The van der Waals surface area contributed by atoms with Gasteiger partial charge in [-0.05, 0) is 219 Å². The molecule has 4 N–H and O–H groups in total. The first-order valence-corrected chi connectivity index (χ1v) is 30.1. The lowest BCUT2D eigenvalue weighted by Crippen LogP contribution is -2.33. The zero-order chi connectivity index (χ0) is 59.8. The normalized spacial score (nSPS) is 15.7. The number of rotatable bonds is 14. The average molecular weight is 1310 g/mol. The predicted octanol–water partition coefficient (Wildman–Crippen LogP) is 12.6. The number of nitro groups is 1. The molecule has 438 valence electrons. The van der Waals surface area contributed by atoms with Crippen LogP contribution in [0.25, 0.3) is 0 Å². The summed E-state index contributed by atoms with van der Waals surface area (Å²) in [6, 6.07) is 38.3. The van der Waals surface area contributed by atoms with Crippen molar-refractivity contribution in [2.75, 3.05) is 81.7 Å². The summed E-state index contributed by atoms with van der Waals surface area (Å²) in [5.41, 5.74) is 3.05. The van der Waals surface area contributed by atoms with Gasteiger partial charge in [-0.15, -0.1) is 0 Å². The number of halogens is 4. The van der Waals surface area contributed by atoms with Gasteiger partial charge in [-0.25, -0.2) is 0 Å². The number of piperidine rings is 3. The van der Waals surface area contributed by atoms with Gasteiger partial charge in [0.15, 0.2) is 27.6 Å². The van der Waals surface area contributed by atoms with Crippen LogP contribution in [-0.2, 0) is 16.3 Å². The third kappa shape index (κ3) is 19.1. The smallest absolute Gasteiger partial charge is 0.379 e. The number of nitrogens with zero attached hydrogens (tertiary/aromatic N) is 4. The maximum atomic E-state index is 12.8. The first kappa shape index (κ1) is 63.8. The Morgan fingerprint density at radius 3 is 1.35 bits per heavy atom.